The minimum absolute atomic E-state index is 0.249. The lowest BCUT2D eigenvalue weighted by atomic mass is 9.99. The Morgan fingerprint density at radius 1 is 1.57 bits per heavy atom. The van der Waals surface area contributed by atoms with Crippen LogP contribution in [0.3, 0.4) is 0 Å². The molecule has 0 radical (unpaired) electrons. The number of hydroxylamine groups is 3. The van der Waals surface area contributed by atoms with Gasteiger partial charge in [0.1, 0.15) is 12.1 Å². The third-order valence-corrected chi connectivity index (χ3v) is 3.48. The Hall–Kier alpha value is -0.650. The van der Waals surface area contributed by atoms with Gasteiger partial charge in [0, 0.05) is 12.8 Å². The summed E-state index contributed by atoms with van der Waals surface area (Å²) in [5, 5.41) is 21.8. The summed E-state index contributed by atoms with van der Waals surface area (Å²) in [6.07, 6.45) is 0.615. The van der Waals surface area contributed by atoms with E-state index in [4.69, 9.17) is 0 Å². The molecule has 14 heavy (non-hydrogen) atoms. The van der Waals surface area contributed by atoms with Crippen molar-refractivity contribution < 1.29 is 19.3 Å². The van der Waals surface area contributed by atoms with E-state index in [1.165, 1.54) is 7.11 Å². The third-order valence-electron chi connectivity index (χ3n) is 3.48. The monoisotopic (exact) mass is 201 g/mol. The second-order valence-electron chi connectivity index (χ2n) is 4.25. The second kappa shape index (κ2) is 3.18. The van der Waals surface area contributed by atoms with Gasteiger partial charge in [0.25, 0.3) is 0 Å². The first kappa shape index (κ1) is 9.89. The van der Waals surface area contributed by atoms with Crippen LogP contribution in [0.4, 0.5) is 4.79 Å². The highest BCUT2D eigenvalue weighted by Gasteiger charge is 2.51. The summed E-state index contributed by atoms with van der Waals surface area (Å²) < 4.78 is 3.51. The average molecular weight is 201 g/mol. The molecule has 80 valence electrons. The number of piperidine rings is 1. The van der Waals surface area contributed by atoms with Gasteiger partial charge in [-0.05, 0) is 12.3 Å². The normalized spacial score (nSPS) is 46.4. The van der Waals surface area contributed by atoms with Gasteiger partial charge in [-0.25, -0.2) is 0 Å². The second-order valence-corrected chi connectivity index (χ2v) is 4.25. The number of aliphatic hydroxyl groups is 1. The molecule has 1 saturated carbocycles. The summed E-state index contributed by atoms with van der Waals surface area (Å²) >= 11 is 0. The predicted octanol–water partition coefficient (Wildman–Crippen LogP) is 0.611. The number of fused-ring (bicyclic) bond motifs is 2. The molecule has 4 unspecified atom stereocenters. The molecule has 2 rings (SSSR count). The van der Waals surface area contributed by atoms with E-state index in [2.05, 4.69) is 4.74 Å². The number of aliphatic hydroxyl groups excluding tert-OH is 1. The van der Waals surface area contributed by atoms with Crippen molar-refractivity contribution in [2.75, 3.05) is 13.7 Å². The minimum atomic E-state index is -0.992. The van der Waals surface area contributed by atoms with E-state index >= 15 is 0 Å². The van der Waals surface area contributed by atoms with Gasteiger partial charge < -0.3 is 15.1 Å². The number of carbonyl (C=O) groups is 1. The summed E-state index contributed by atoms with van der Waals surface area (Å²) in [7, 11) is 1.22. The fourth-order valence-electron chi connectivity index (χ4n) is 2.70. The molecule has 1 aliphatic heterocycles. The zero-order valence-electron chi connectivity index (χ0n) is 8.18. The zero-order valence-corrected chi connectivity index (χ0v) is 8.18. The highest BCUT2D eigenvalue weighted by atomic mass is 16.7. The Balaban J connectivity index is 2.23. The summed E-state index contributed by atoms with van der Waals surface area (Å²) in [6.45, 7) is 0.249. The van der Waals surface area contributed by atoms with Crippen molar-refractivity contribution in [2.24, 2.45) is 5.92 Å². The highest BCUT2D eigenvalue weighted by molar-refractivity contribution is 5.60. The van der Waals surface area contributed by atoms with Crippen LogP contribution in [0.5, 0.6) is 0 Å². The Kier molecular flexibility index (Phi) is 2.25. The molecule has 2 fully saturated rings. The van der Waals surface area contributed by atoms with Crippen molar-refractivity contribution in [3.05, 3.63) is 5.21 Å². The number of ether oxygens (including phenoxy) is 1. The van der Waals surface area contributed by atoms with E-state index in [0.717, 1.165) is 0 Å². The summed E-state index contributed by atoms with van der Waals surface area (Å²) in [5.41, 5.74) is 0. The first-order valence-corrected chi connectivity index (χ1v) is 4.93. The van der Waals surface area contributed by atoms with Crippen molar-refractivity contribution in [3.63, 3.8) is 0 Å². The number of quaternary nitrogens is 1. The van der Waals surface area contributed by atoms with Gasteiger partial charge in [-0.15, -0.1) is 0 Å². The maximum Gasteiger partial charge on any atom is 0.516 e. The Morgan fingerprint density at radius 2 is 2.29 bits per heavy atom. The highest BCUT2D eigenvalue weighted by Crippen LogP contribution is 2.41. The first-order chi connectivity index (χ1) is 6.58. The topological polar surface area (TPSA) is 69.6 Å². The summed E-state index contributed by atoms with van der Waals surface area (Å²) in [5.74, 6) is 0.417. The molecule has 5 heteroatoms. The Morgan fingerprint density at radius 3 is 2.93 bits per heavy atom. The SMILES string of the molecule is COC(=O)[N+]1([O-])CCC2CC(O)C1C2. The van der Waals surface area contributed by atoms with Gasteiger partial charge in [-0.2, -0.15) is 4.79 Å². The number of nitrogens with zero attached hydrogens (tertiary/aromatic N) is 1. The van der Waals surface area contributed by atoms with E-state index < -0.39 is 22.9 Å². The van der Waals surface area contributed by atoms with Gasteiger partial charge in [0.2, 0.25) is 0 Å². The molecule has 1 saturated heterocycles. The number of hydrogen-bond acceptors (Lipinski definition) is 4. The number of likely N-dealkylation sites (tertiary alicyclic amines) is 1. The van der Waals surface area contributed by atoms with Crippen LogP contribution in [0.2, 0.25) is 0 Å². The third kappa shape index (κ3) is 1.24. The first-order valence-electron chi connectivity index (χ1n) is 4.93. The smallest absolute Gasteiger partial charge is 0.516 e. The quantitative estimate of drug-likeness (QED) is 0.460. The lowest BCUT2D eigenvalue weighted by molar-refractivity contribution is -0.842. The molecule has 0 aromatic heterocycles. The van der Waals surface area contributed by atoms with E-state index in [1.54, 1.807) is 0 Å². The minimum Gasteiger partial charge on any atom is -0.622 e. The van der Waals surface area contributed by atoms with Crippen LogP contribution in [0.15, 0.2) is 0 Å². The molecule has 2 aliphatic rings. The molecule has 1 aliphatic carbocycles. The van der Waals surface area contributed by atoms with Crippen LogP contribution >= 0.6 is 0 Å². The Labute approximate surface area is 82.4 Å². The van der Waals surface area contributed by atoms with Crippen LogP contribution in [-0.2, 0) is 4.74 Å². The van der Waals surface area contributed by atoms with Gasteiger partial charge >= 0.3 is 6.09 Å². The van der Waals surface area contributed by atoms with Crippen LogP contribution in [-0.4, -0.2) is 41.6 Å². The zero-order chi connectivity index (χ0) is 10.3. The van der Waals surface area contributed by atoms with E-state index in [9.17, 15) is 15.1 Å². The molecule has 0 aromatic carbocycles. The van der Waals surface area contributed by atoms with Gasteiger partial charge in [-0.1, -0.05) is 0 Å². The number of methoxy groups -OCH3 is 1. The summed E-state index contributed by atoms with van der Waals surface area (Å²) in [4.78, 5) is 11.3. The van der Waals surface area contributed by atoms with Crippen molar-refractivity contribution in [1.82, 2.24) is 0 Å². The molecule has 2 bridgehead atoms. The molecule has 0 spiro atoms. The number of amides is 1. The van der Waals surface area contributed by atoms with E-state index in [1.807, 2.05) is 0 Å². The van der Waals surface area contributed by atoms with E-state index in [0.29, 0.717) is 25.2 Å². The average Bonchev–Trinajstić information content (AvgIpc) is 2.50. The van der Waals surface area contributed by atoms with Gasteiger partial charge in [0.15, 0.2) is 0 Å². The number of carbonyl (C=O) groups excluding carboxylic acids is 1. The fraction of sp³-hybridized carbons (Fsp3) is 0.889. The molecule has 1 N–H and O–H groups in total. The Bertz CT molecular complexity index is 257. The fourth-order valence-corrected chi connectivity index (χ4v) is 2.70. The molecular weight excluding hydrogens is 186 g/mol. The van der Waals surface area contributed by atoms with Crippen LogP contribution in [0.1, 0.15) is 19.3 Å². The van der Waals surface area contributed by atoms with Crippen molar-refractivity contribution in [2.45, 2.75) is 31.4 Å². The molecule has 5 nitrogen and oxygen atoms in total. The van der Waals surface area contributed by atoms with E-state index in [-0.39, 0.29) is 6.54 Å². The van der Waals surface area contributed by atoms with Gasteiger partial charge in [0.05, 0.1) is 13.7 Å². The largest absolute Gasteiger partial charge is 0.622 e. The lowest BCUT2D eigenvalue weighted by Crippen LogP contribution is -2.59. The summed E-state index contributed by atoms with van der Waals surface area (Å²) in [6, 6.07) is -0.499. The standard InChI is InChI=1S/C9H15NO4/c1-14-9(12)10(13)3-2-6-4-7(10)8(11)5-6/h6-8,11H,2-5H2,1H3. The van der Waals surface area contributed by atoms with Crippen LogP contribution < -0.4 is 0 Å². The van der Waals surface area contributed by atoms with Crippen molar-refractivity contribution in [1.29, 1.82) is 0 Å². The molecule has 0 aromatic rings. The maximum absolute atomic E-state index is 12.2. The van der Waals surface area contributed by atoms with Crippen molar-refractivity contribution in [3.8, 4) is 0 Å². The molecule has 1 amide bonds. The predicted molar refractivity (Wildman–Crippen MR) is 48.0 cm³/mol. The van der Waals surface area contributed by atoms with Crippen molar-refractivity contribution >= 4 is 6.09 Å². The number of rotatable bonds is 0. The van der Waals surface area contributed by atoms with Gasteiger partial charge in [-0.3, -0.25) is 4.65 Å². The van der Waals surface area contributed by atoms with Crippen LogP contribution in [0.25, 0.3) is 0 Å². The maximum atomic E-state index is 12.2. The molecule has 1 heterocycles. The molecule has 4 atom stereocenters. The number of hydrogen-bond donors (Lipinski definition) is 1. The van der Waals surface area contributed by atoms with Crippen LogP contribution in [0, 0.1) is 11.1 Å². The lowest BCUT2D eigenvalue weighted by Gasteiger charge is -2.45. The molecular formula is C9H15NO4.